The minimum atomic E-state index is 0.754. The summed E-state index contributed by atoms with van der Waals surface area (Å²) in [6, 6.07) is 9.81. The summed E-state index contributed by atoms with van der Waals surface area (Å²) in [4.78, 5) is 7.74. The van der Waals surface area contributed by atoms with Gasteiger partial charge >= 0.3 is 0 Å². The molecule has 80 valence electrons. The van der Waals surface area contributed by atoms with Gasteiger partial charge in [0, 0.05) is 5.69 Å². The molecular formula is C11H9N3S2. The van der Waals surface area contributed by atoms with E-state index >= 15 is 0 Å². The Kier molecular flexibility index (Phi) is 2.34. The van der Waals surface area contributed by atoms with E-state index < -0.39 is 0 Å². The number of imidazole rings is 1. The number of hydrogen-bond donors (Lipinski definition) is 2. The van der Waals surface area contributed by atoms with Crippen LogP contribution in [0, 0.1) is 0 Å². The van der Waals surface area contributed by atoms with Crippen LogP contribution < -0.4 is 5.73 Å². The average Bonchev–Trinajstić information content (AvgIpc) is 2.86. The molecule has 0 aliphatic carbocycles. The van der Waals surface area contributed by atoms with Crippen molar-refractivity contribution in [2.75, 3.05) is 5.73 Å². The fourth-order valence-corrected chi connectivity index (χ4v) is 3.16. The maximum atomic E-state index is 5.72. The molecule has 3 nitrogen and oxygen atoms in total. The summed E-state index contributed by atoms with van der Waals surface area (Å²) < 4.78 is 1.23. The molecule has 16 heavy (non-hydrogen) atoms. The number of nitrogens with two attached hydrogens (primary N) is 1. The molecule has 0 spiro atoms. The number of H-pyrrole nitrogens is 1. The van der Waals surface area contributed by atoms with Gasteiger partial charge in [0.15, 0.2) is 5.16 Å². The molecule has 0 saturated heterocycles. The lowest BCUT2D eigenvalue weighted by atomic mass is 10.3. The Bertz CT molecular complexity index is 613. The second-order valence-electron chi connectivity index (χ2n) is 3.35. The van der Waals surface area contributed by atoms with Gasteiger partial charge in [0.1, 0.15) is 0 Å². The van der Waals surface area contributed by atoms with Crippen LogP contribution in [0.1, 0.15) is 0 Å². The van der Waals surface area contributed by atoms with Crippen molar-refractivity contribution in [3.05, 3.63) is 35.7 Å². The van der Waals surface area contributed by atoms with Crippen LogP contribution in [0.2, 0.25) is 0 Å². The van der Waals surface area contributed by atoms with Crippen molar-refractivity contribution in [1.29, 1.82) is 0 Å². The predicted molar refractivity (Wildman–Crippen MR) is 68.9 cm³/mol. The Balaban J connectivity index is 1.99. The third-order valence-electron chi connectivity index (χ3n) is 2.18. The van der Waals surface area contributed by atoms with Gasteiger partial charge in [-0.3, -0.25) is 0 Å². The van der Waals surface area contributed by atoms with Gasteiger partial charge in [-0.2, -0.15) is 0 Å². The predicted octanol–water partition coefficient (Wildman–Crippen LogP) is 3.36. The Morgan fingerprint density at radius 1 is 1.31 bits per heavy atom. The Morgan fingerprint density at radius 2 is 2.25 bits per heavy atom. The van der Waals surface area contributed by atoms with Crippen LogP contribution in [0.15, 0.2) is 45.1 Å². The summed E-state index contributed by atoms with van der Waals surface area (Å²) in [5.41, 5.74) is 8.41. The molecule has 0 amide bonds. The SMILES string of the molecule is Nc1ccc2nc(Sc3cccs3)[nH]c2c1. The molecule has 0 radical (unpaired) electrons. The molecule has 5 heteroatoms. The van der Waals surface area contributed by atoms with E-state index in [2.05, 4.69) is 21.4 Å². The van der Waals surface area contributed by atoms with E-state index in [0.717, 1.165) is 21.9 Å². The van der Waals surface area contributed by atoms with Crippen LogP contribution in [-0.2, 0) is 0 Å². The van der Waals surface area contributed by atoms with Crippen molar-refractivity contribution < 1.29 is 0 Å². The van der Waals surface area contributed by atoms with Gasteiger partial charge in [0.05, 0.1) is 15.2 Å². The highest BCUT2D eigenvalue weighted by Crippen LogP contribution is 2.30. The number of thiophene rings is 1. The van der Waals surface area contributed by atoms with Gasteiger partial charge in [-0.05, 0) is 41.4 Å². The van der Waals surface area contributed by atoms with Crippen molar-refractivity contribution in [3.63, 3.8) is 0 Å². The lowest BCUT2D eigenvalue weighted by Gasteiger charge is -1.90. The van der Waals surface area contributed by atoms with Crippen molar-refractivity contribution >= 4 is 39.8 Å². The number of aromatic nitrogens is 2. The van der Waals surface area contributed by atoms with Crippen molar-refractivity contribution in [2.45, 2.75) is 9.37 Å². The maximum absolute atomic E-state index is 5.72. The van der Waals surface area contributed by atoms with E-state index in [0.29, 0.717) is 0 Å². The van der Waals surface area contributed by atoms with E-state index in [1.54, 1.807) is 23.1 Å². The number of aromatic amines is 1. The molecule has 0 aliphatic heterocycles. The summed E-state index contributed by atoms with van der Waals surface area (Å²) >= 11 is 3.35. The Labute approximate surface area is 101 Å². The van der Waals surface area contributed by atoms with E-state index in [9.17, 15) is 0 Å². The third kappa shape index (κ3) is 1.79. The summed E-state index contributed by atoms with van der Waals surface area (Å²) in [6.45, 7) is 0. The van der Waals surface area contributed by atoms with E-state index in [-0.39, 0.29) is 0 Å². The quantitative estimate of drug-likeness (QED) is 0.683. The summed E-state index contributed by atoms with van der Waals surface area (Å²) in [7, 11) is 0. The first-order valence-corrected chi connectivity index (χ1v) is 6.47. The molecule has 0 aliphatic rings. The molecule has 0 atom stereocenters. The number of fused-ring (bicyclic) bond motifs is 1. The molecule has 3 aromatic rings. The molecule has 0 saturated carbocycles. The number of nitrogen functional groups attached to an aromatic ring is 1. The number of anilines is 1. The van der Waals surface area contributed by atoms with Crippen LogP contribution in [-0.4, -0.2) is 9.97 Å². The van der Waals surface area contributed by atoms with Gasteiger partial charge in [0.2, 0.25) is 0 Å². The third-order valence-corrected chi connectivity index (χ3v) is 4.10. The highest BCUT2D eigenvalue weighted by molar-refractivity contribution is 8.01. The fraction of sp³-hybridized carbons (Fsp3) is 0. The molecule has 0 unspecified atom stereocenters. The van der Waals surface area contributed by atoms with Gasteiger partial charge in [-0.1, -0.05) is 6.07 Å². The van der Waals surface area contributed by atoms with Crippen LogP contribution in [0.5, 0.6) is 0 Å². The standard InChI is InChI=1S/C11H9N3S2/c12-7-3-4-8-9(6-7)14-11(13-8)16-10-2-1-5-15-10/h1-6H,12H2,(H,13,14). The number of hydrogen-bond acceptors (Lipinski definition) is 4. The molecule has 0 bridgehead atoms. The molecule has 0 fully saturated rings. The molecular weight excluding hydrogens is 238 g/mol. The first kappa shape index (κ1) is 9.74. The van der Waals surface area contributed by atoms with Gasteiger partial charge < -0.3 is 10.7 Å². The average molecular weight is 247 g/mol. The van der Waals surface area contributed by atoms with Gasteiger partial charge in [-0.15, -0.1) is 11.3 Å². The Hall–Kier alpha value is -1.46. The zero-order valence-corrected chi connectivity index (χ0v) is 9.94. The molecule has 3 N–H and O–H groups in total. The second-order valence-corrected chi connectivity index (χ2v) is 5.59. The van der Waals surface area contributed by atoms with Crippen LogP contribution >= 0.6 is 23.1 Å². The molecule has 3 rings (SSSR count). The summed E-state index contributed by atoms with van der Waals surface area (Å²) in [6.07, 6.45) is 0. The van der Waals surface area contributed by atoms with Gasteiger partial charge in [0.25, 0.3) is 0 Å². The molecule has 2 heterocycles. The lowest BCUT2D eigenvalue weighted by Crippen LogP contribution is -1.82. The summed E-state index contributed by atoms with van der Waals surface area (Å²) in [5, 5.41) is 2.96. The van der Waals surface area contributed by atoms with E-state index in [1.165, 1.54) is 4.21 Å². The smallest absolute Gasteiger partial charge is 0.172 e. The van der Waals surface area contributed by atoms with Gasteiger partial charge in [-0.25, -0.2) is 4.98 Å². The zero-order chi connectivity index (χ0) is 11.0. The zero-order valence-electron chi connectivity index (χ0n) is 8.31. The first-order chi connectivity index (χ1) is 7.81. The van der Waals surface area contributed by atoms with Crippen molar-refractivity contribution in [2.24, 2.45) is 0 Å². The number of nitrogens with zero attached hydrogens (tertiary/aromatic N) is 1. The molecule has 1 aromatic carbocycles. The minimum Gasteiger partial charge on any atom is -0.399 e. The second kappa shape index (κ2) is 3.84. The summed E-state index contributed by atoms with van der Waals surface area (Å²) in [5.74, 6) is 0. The van der Waals surface area contributed by atoms with E-state index in [1.807, 2.05) is 24.3 Å². The normalized spacial score (nSPS) is 11.0. The van der Waals surface area contributed by atoms with Crippen LogP contribution in [0.4, 0.5) is 5.69 Å². The van der Waals surface area contributed by atoms with E-state index in [4.69, 9.17) is 5.73 Å². The van der Waals surface area contributed by atoms with Crippen LogP contribution in [0.3, 0.4) is 0 Å². The van der Waals surface area contributed by atoms with Crippen LogP contribution in [0.25, 0.3) is 11.0 Å². The Morgan fingerprint density at radius 3 is 3.06 bits per heavy atom. The number of benzene rings is 1. The van der Waals surface area contributed by atoms with Crippen molar-refractivity contribution in [3.8, 4) is 0 Å². The minimum absolute atomic E-state index is 0.754. The highest BCUT2D eigenvalue weighted by Gasteiger charge is 2.05. The highest BCUT2D eigenvalue weighted by atomic mass is 32.2. The monoisotopic (exact) mass is 247 g/mol. The number of rotatable bonds is 2. The maximum Gasteiger partial charge on any atom is 0.172 e. The number of nitrogens with one attached hydrogen (secondary N) is 1. The first-order valence-electron chi connectivity index (χ1n) is 4.78. The van der Waals surface area contributed by atoms with Crippen molar-refractivity contribution in [1.82, 2.24) is 9.97 Å². The largest absolute Gasteiger partial charge is 0.399 e. The lowest BCUT2D eigenvalue weighted by molar-refractivity contribution is 1.08. The molecule has 2 aromatic heterocycles. The fourth-order valence-electron chi connectivity index (χ4n) is 1.47. The topological polar surface area (TPSA) is 54.7 Å².